The Morgan fingerprint density at radius 1 is 0.879 bits per heavy atom. The molecular formula is C28H27NO4. The zero-order valence-corrected chi connectivity index (χ0v) is 18.3. The van der Waals surface area contributed by atoms with Crippen LogP contribution in [0.5, 0.6) is 0 Å². The third-order valence-corrected chi connectivity index (χ3v) is 6.79. The average Bonchev–Trinajstić information content (AvgIpc) is 2.84. The molecule has 0 aromatic heterocycles. The second kappa shape index (κ2) is 9.82. The van der Waals surface area contributed by atoms with Crippen molar-refractivity contribution in [2.24, 2.45) is 17.6 Å². The Labute approximate surface area is 193 Å². The first kappa shape index (κ1) is 22.5. The number of carboxylic acid groups (broad SMARTS) is 1. The van der Waals surface area contributed by atoms with Gasteiger partial charge in [0, 0.05) is 17.4 Å². The van der Waals surface area contributed by atoms with Crippen molar-refractivity contribution in [2.75, 3.05) is 0 Å². The van der Waals surface area contributed by atoms with Crippen molar-refractivity contribution in [3.8, 4) is 0 Å². The summed E-state index contributed by atoms with van der Waals surface area (Å²) in [5.74, 6) is -2.94. The third-order valence-electron chi connectivity index (χ3n) is 6.79. The van der Waals surface area contributed by atoms with Gasteiger partial charge in [-0.15, -0.1) is 0 Å². The highest BCUT2D eigenvalue weighted by Gasteiger charge is 2.34. The second-order valence-corrected chi connectivity index (χ2v) is 8.70. The molecule has 1 amide bonds. The molecule has 0 radical (unpaired) electrons. The first-order chi connectivity index (χ1) is 16.0. The molecule has 1 aliphatic carbocycles. The van der Waals surface area contributed by atoms with Gasteiger partial charge in [0.25, 0.3) is 5.78 Å². The van der Waals surface area contributed by atoms with Gasteiger partial charge in [-0.05, 0) is 53.9 Å². The quantitative estimate of drug-likeness (QED) is 0.400. The largest absolute Gasteiger partial charge is 0.475 e. The van der Waals surface area contributed by atoms with Crippen LogP contribution in [0.4, 0.5) is 0 Å². The number of nitrogens with two attached hydrogens (primary N) is 1. The van der Waals surface area contributed by atoms with E-state index in [1.54, 1.807) is 12.1 Å². The molecule has 0 spiro atoms. The predicted octanol–water partition coefficient (Wildman–Crippen LogP) is 4.38. The van der Waals surface area contributed by atoms with Crippen LogP contribution >= 0.6 is 0 Å². The standard InChI is InChI=1S/C28H27NO4/c29-27(31)25(17-24(18-8-3-1-4-9-18)19-10-5-2-6-11-19)21-14-15-22-20(16-21)12-7-13-23(22)26(30)28(32)33/h1-13,21,24-25H,14-17H2,(H2,29,31)(H,32,33). The topological polar surface area (TPSA) is 97.5 Å². The lowest BCUT2D eigenvalue weighted by Gasteiger charge is -2.33. The van der Waals surface area contributed by atoms with Crippen molar-refractivity contribution in [2.45, 2.75) is 31.6 Å². The molecule has 3 aromatic rings. The number of hydrogen-bond donors (Lipinski definition) is 2. The van der Waals surface area contributed by atoms with E-state index in [-0.39, 0.29) is 29.2 Å². The Bertz CT molecular complexity index is 1120. The van der Waals surface area contributed by atoms with Crippen molar-refractivity contribution >= 4 is 17.7 Å². The van der Waals surface area contributed by atoms with Gasteiger partial charge in [-0.25, -0.2) is 4.79 Å². The zero-order valence-electron chi connectivity index (χ0n) is 18.3. The van der Waals surface area contributed by atoms with Crippen LogP contribution in [0.3, 0.4) is 0 Å². The highest BCUT2D eigenvalue weighted by Crippen LogP contribution is 2.39. The predicted molar refractivity (Wildman–Crippen MR) is 126 cm³/mol. The second-order valence-electron chi connectivity index (χ2n) is 8.70. The zero-order chi connectivity index (χ0) is 23.4. The lowest BCUT2D eigenvalue weighted by Crippen LogP contribution is -2.35. The van der Waals surface area contributed by atoms with Crippen molar-refractivity contribution < 1.29 is 19.5 Å². The monoisotopic (exact) mass is 441 g/mol. The summed E-state index contributed by atoms with van der Waals surface area (Å²) >= 11 is 0. The van der Waals surface area contributed by atoms with Crippen LogP contribution in [0, 0.1) is 11.8 Å². The number of hydrogen-bond acceptors (Lipinski definition) is 3. The number of carboxylic acids is 1. The number of amides is 1. The van der Waals surface area contributed by atoms with Crippen molar-refractivity contribution in [1.82, 2.24) is 0 Å². The third kappa shape index (κ3) is 4.87. The van der Waals surface area contributed by atoms with Crippen LogP contribution in [-0.2, 0) is 22.4 Å². The van der Waals surface area contributed by atoms with Crippen LogP contribution in [0.25, 0.3) is 0 Å². The number of ketones is 1. The summed E-state index contributed by atoms with van der Waals surface area (Å²) in [5.41, 5.74) is 10.2. The molecule has 2 atom stereocenters. The van der Waals surface area contributed by atoms with Gasteiger partial charge >= 0.3 is 5.97 Å². The van der Waals surface area contributed by atoms with Crippen LogP contribution in [0.1, 0.15) is 51.4 Å². The molecule has 0 bridgehead atoms. The van der Waals surface area contributed by atoms with E-state index in [1.807, 2.05) is 42.5 Å². The van der Waals surface area contributed by atoms with Gasteiger partial charge in [0.2, 0.25) is 5.91 Å². The smallest absolute Gasteiger partial charge is 0.377 e. The van der Waals surface area contributed by atoms with Crippen molar-refractivity contribution in [1.29, 1.82) is 0 Å². The van der Waals surface area contributed by atoms with Crippen molar-refractivity contribution in [3.63, 3.8) is 0 Å². The number of primary amides is 1. The van der Waals surface area contributed by atoms with Gasteiger partial charge < -0.3 is 10.8 Å². The van der Waals surface area contributed by atoms with Gasteiger partial charge in [-0.3, -0.25) is 9.59 Å². The fourth-order valence-electron chi connectivity index (χ4n) is 5.14. The molecular weight excluding hydrogens is 414 g/mol. The Hall–Kier alpha value is -3.73. The molecule has 0 heterocycles. The molecule has 5 nitrogen and oxygen atoms in total. The number of carbonyl (C=O) groups is 3. The minimum absolute atomic E-state index is 0.0279. The molecule has 0 aliphatic heterocycles. The van der Waals surface area contributed by atoms with Gasteiger partial charge in [0.1, 0.15) is 0 Å². The molecule has 0 fully saturated rings. The highest BCUT2D eigenvalue weighted by molar-refractivity contribution is 6.40. The number of fused-ring (bicyclic) bond motifs is 1. The maximum atomic E-state index is 12.7. The number of benzene rings is 3. The Morgan fingerprint density at radius 2 is 1.48 bits per heavy atom. The van der Waals surface area contributed by atoms with E-state index in [2.05, 4.69) is 24.3 Å². The Morgan fingerprint density at radius 3 is 2.03 bits per heavy atom. The summed E-state index contributed by atoms with van der Waals surface area (Å²) in [5, 5.41) is 9.15. The summed E-state index contributed by atoms with van der Waals surface area (Å²) in [6.07, 6.45) is 2.43. The minimum Gasteiger partial charge on any atom is -0.475 e. The van der Waals surface area contributed by atoms with E-state index in [0.717, 1.165) is 22.3 Å². The van der Waals surface area contributed by atoms with E-state index >= 15 is 0 Å². The molecule has 0 saturated carbocycles. The Balaban J connectivity index is 1.63. The fourth-order valence-corrected chi connectivity index (χ4v) is 5.14. The van der Waals surface area contributed by atoms with E-state index in [4.69, 9.17) is 10.8 Å². The number of rotatable bonds is 8. The van der Waals surface area contributed by atoms with E-state index in [1.165, 1.54) is 0 Å². The van der Waals surface area contributed by atoms with Crippen LogP contribution in [0.15, 0.2) is 78.9 Å². The van der Waals surface area contributed by atoms with Gasteiger partial charge in [0.05, 0.1) is 0 Å². The normalized spacial score (nSPS) is 16.1. The van der Waals surface area contributed by atoms with Gasteiger partial charge in [0.15, 0.2) is 0 Å². The summed E-state index contributed by atoms with van der Waals surface area (Å²) < 4.78 is 0. The summed E-state index contributed by atoms with van der Waals surface area (Å²) in [6, 6.07) is 25.5. The van der Waals surface area contributed by atoms with Crippen molar-refractivity contribution in [3.05, 3.63) is 107 Å². The van der Waals surface area contributed by atoms with Crippen LogP contribution in [-0.4, -0.2) is 22.8 Å². The Kier molecular flexibility index (Phi) is 6.68. The molecule has 3 N–H and O–H groups in total. The van der Waals surface area contributed by atoms with Crippen LogP contribution in [0.2, 0.25) is 0 Å². The lowest BCUT2D eigenvalue weighted by atomic mass is 9.71. The van der Waals surface area contributed by atoms with E-state index < -0.39 is 11.8 Å². The molecule has 0 saturated heterocycles. The molecule has 2 unspecified atom stereocenters. The molecule has 5 heteroatoms. The molecule has 4 rings (SSSR count). The highest BCUT2D eigenvalue weighted by atomic mass is 16.4. The average molecular weight is 442 g/mol. The lowest BCUT2D eigenvalue weighted by molar-refractivity contribution is -0.131. The fraction of sp³-hybridized carbons (Fsp3) is 0.250. The first-order valence-electron chi connectivity index (χ1n) is 11.2. The molecule has 3 aromatic carbocycles. The van der Waals surface area contributed by atoms with Crippen LogP contribution < -0.4 is 5.73 Å². The number of Topliss-reactive ketones (excluding diaryl/α,β-unsaturated/α-hetero) is 1. The molecule has 33 heavy (non-hydrogen) atoms. The van der Waals surface area contributed by atoms with E-state index in [9.17, 15) is 14.4 Å². The molecule has 168 valence electrons. The summed E-state index contributed by atoms with van der Waals surface area (Å²) in [6.45, 7) is 0. The number of aliphatic carboxylic acids is 1. The first-order valence-corrected chi connectivity index (χ1v) is 11.2. The van der Waals surface area contributed by atoms with E-state index in [0.29, 0.717) is 25.7 Å². The molecule has 1 aliphatic rings. The van der Waals surface area contributed by atoms with Gasteiger partial charge in [-0.1, -0.05) is 78.9 Å². The minimum atomic E-state index is -1.45. The maximum Gasteiger partial charge on any atom is 0.377 e. The maximum absolute atomic E-state index is 12.7. The summed E-state index contributed by atoms with van der Waals surface area (Å²) in [7, 11) is 0. The number of carbonyl (C=O) groups excluding carboxylic acids is 2. The van der Waals surface area contributed by atoms with Gasteiger partial charge in [-0.2, -0.15) is 0 Å². The SMILES string of the molecule is NC(=O)C(CC(c1ccccc1)c1ccccc1)C1CCc2c(cccc2C(=O)C(=O)O)C1. The summed E-state index contributed by atoms with van der Waals surface area (Å²) in [4.78, 5) is 36.0.